The highest BCUT2D eigenvalue weighted by Gasteiger charge is 2.39. The van der Waals surface area contributed by atoms with E-state index < -0.39 is 0 Å². The number of piperidine rings is 1. The first-order chi connectivity index (χ1) is 8.86. The van der Waals surface area contributed by atoms with Gasteiger partial charge in [0.2, 0.25) is 0 Å². The smallest absolute Gasteiger partial charge is 0.0114 e. The molecule has 2 saturated heterocycles. The fraction of sp³-hybridized carbons (Fsp3) is 0.733. The Hall–Kier alpha value is -0.380. The predicted molar refractivity (Wildman–Crippen MR) is 78.2 cm³/mol. The Morgan fingerprint density at radius 3 is 2.72 bits per heavy atom. The van der Waals surface area contributed by atoms with Gasteiger partial charge < -0.3 is 5.32 Å². The van der Waals surface area contributed by atoms with Crippen LogP contribution in [0.25, 0.3) is 0 Å². The first-order valence-electron chi connectivity index (χ1n) is 7.38. The summed E-state index contributed by atoms with van der Waals surface area (Å²) in [7, 11) is 0. The van der Waals surface area contributed by atoms with Crippen molar-refractivity contribution in [2.24, 2.45) is 0 Å². The first kappa shape index (κ1) is 12.6. The van der Waals surface area contributed by atoms with E-state index in [9.17, 15) is 0 Å². The summed E-state index contributed by atoms with van der Waals surface area (Å²) in [6.07, 6.45) is 6.84. The molecule has 1 N–H and O–H groups in total. The minimum Gasteiger partial charge on any atom is -0.314 e. The molecular formula is C15H24N2S. The molecule has 3 heteroatoms. The predicted octanol–water partition coefficient (Wildman–Crippen LogP) is 2.90. The van der Waals surface area contributed by atoms with Crippen LogP contribution in [0.1, 0.15) is 37.5 Å². The van der Waals surface area contributed by atoms with Gasteiger partial charge in [0.25, 0.3) is 0 Å². The Labute approximate surface area is 114 Å². The standard InChI is InChI=1S/C15H24N2S/c1-2-16-12-10-13-5-6-14(11-12)17(13)8-7-15-4-3-9-18-15/h3-4,9,12-14,16H,2,5-8,10-11H2,1H3. The van der Waals surface area contributed by atoms with Gasteiger partial charge in [0.15, 0.2) is 0 Å². The SMILES string of the molecule is CCNC1CC2CCC(C1)N2CCc1cccs1. The molecule has 2 fully saturated rings. The Morgan fingerprint density at radius 2 is 2.11 bits per heavy atom. The molecule has 0 aromatic carbocycles. The van der Waals surface area contributed by atoms with Gasteiger partial charge in [-0.05, 0) is 50.1 Å². The second-order valence-corrected chi connectivity index (χ2v) is 6.71. The number of thiophene rings is 1. The normalized spacial score (nSPS) is 31.9. The number of rotatable bonds is 5. The van der Waals surface area contributed by atoms with E-state index in [0.29, 0.717) is 0 Å². The minimum atomic E-state index is 0.783. The Kier molecular flexibility index (Phi) is 4.02. The number of fused-ring (bicyclic) bond motifs is 2. The van der Waals surface area contributed by atoms with Crippen molar-refractivity contribution < 1.29 is 0 Å². The molecule has 18 heavy (non-hydrogen) atoms. The highest BCUT2D eigenvalue weighted by Crippen LogP contribution is 2.35. The highest BCUT2D eigenvalue weighted by molar-refractivity contribution is 7.09. The van der Waals surface area contributed by atoms with Crippen molar-refractivity contribution in [2.45, 2.75) is 57.2 Å². The summed E-state index contributed by atoms with van der Waals surface area (Å²) in [5.74, 6) is 0. The lowest BCUT2D eigenvalue weighted by Gasteiger charge is -2.39. The zero-order valence-corrected chi connectivity index (χ0v) is 12.1. The zero-order chi connectivity index (χ0) is 12.4. The van der Waals surface area contributed by atoms with Crippen molar-refractivity contribution in [3.63, 3.8) is 0 Å². The third-order valence-electron chi connectivity index (χ3n) is 4.57. The van der Waals surface area contributed by atoms with E-state index in [2.05, 4.69) is 34.7 Å². The van der Waals surface area contributed by atoms with E-state index in [0.717, 1.165) is 24.7 Å². The first-order valence-corrected chi connectivity index (χ1v) is 8.26. The average Bonchev–Trinajstić information content (AvgIpc) is 2.94. The molecule has 0 aliphatic carbocycles. The van der Waals surface area contributed by atoms with Gasteiger partial charge in [-0.3, -0.25) is 4.90 Å². The fourth-order valence-electron chi connectivity index (χ4n) is 3.79. The van der Waals surface area contributed by atoms with E-state index >= 15 is 0 Å². The topological polar surface area (TPSA) is 15.3 Å². The summed E-state index contributed by atoms with van der Waals surface area (Å²) >= 11 is 1.90. The van der Waals surface area contributed by atoms with Crippen molar-refractivity contribution in [3.05, 3.63) is 22.4 Å². The van der Waals surface area contributed by atoms with E-state index in [1.165, 1.54) is 38.6 Å². The maximum absolute atomic E-state index is 3.65. The highest BCUT2D eigenvalue weighted by atomic mass is 32.1. The molecule has 0 saturated carbocycles. The summed E-state index contributed by atoms with van der Waals surface area (Å²) in [5.41, 5.74) is 0. The van der Waals surface area contributed by atoms with E-state index in [4.69, 9.17) is 0 Å². The molecular weight excluding hydrogens is 240 g/mol. The minimum absolute atomic E-state index is 0.783. The molecule has 2 aliphatic rings. The van der Waals surface area contributed by atoms with Crippen molar-refractivity contribution in [2.75, 3.05) is 13.1 Å². The lowest BCUT2D eigenvalue weighted by Crippen LogP contribution is -2.49. The summed E-state index contributed by atoms with van der Waals surface area (Å²) in [6.45, 7) is 4.62. The lowest BCUT2D eigenvalue weighted by molar-refractivity contribution is 0.119. The monoisotopic (exact) mass is 264 g/mol. The van der Waals surface area contributed by atoms with Crippen LogP contribution in [-0.4, -0.2) is 36.1 Å². The summed E-state index contributed by atoms with van der Waals surface area (Å²) in [4.78, 5) is 4.34. The van der Waals surface area contributed by atoms with E-state index in [1.807, 2.05) is 11.3 Å². The van der Waals surface area contributed by atoms with Gasteiger partial charge in [0.05, 0.1) is 0 Å². The van der Waals surface area contributed by atoms with E-state index in [-0.39, 0.29) is 0 Å². The van der Waals surface area contributed by atoms with Crippen LogP contribution in [0.3, 0.4) is 0 Å². The average molecular weight is 264 g/mol. The van der Waals surface area contributed by atoms with Crippen molar-refractivity contribution in [1.29, 1.82) is 0 Å². The Morgan fingerprint density at radius 1 is 1.33 bits per heavy atom. The van der Waals surface area contributed by atoms with E-state index in [1.54, 1.807) is 4.88 Å². The largest absolute Gasteiger partial charge is 0.314 e. The molecule has 2 aliphatic heterocycles. The molecule has 1 aromatic heterocycles. The summed E-state index contributed by atoms with van der Waals surface area (Å²) < 4.78 is 0. The zero-order valence-electron chi connectivity index (χ0n) is 11.3. The number of nitrogens with zero attached hydrogens (tertiary/aromatic N) is 1. The molecule has 2 unspecified atom stereocenters. The number of hydrogen-bond donors (Lipinski definition) is 1. The lowest BCUT2D eigenvalue weighted by atomic mass is 9.97. The fourth-order valence-corrected chi connectivity index (χ4v) is 4.49. The van der Waals surface area contributed by atoms with Gasteiger partial charge in [0.1, 0.15) is 0 Å². The van der Waals surface area contributed by atoms with Crippen molar-refractivity contribution in [1.82, 2.24) is 10.2 Å². The Balaban J connectivity index is 1.55. The molecule has 0 amide bonds. The third-order valence-corrected chi connectivity index (χ3v) is 5.51. The number of nitrogens with one attached hydrogen (secondary N) is 1. The van der Waals surface area contributed by atoms with Crippen LogP contribution in [-0.2, 0) is 6.42 Å². The molecule has 2 bridgehead atoms. The van der Waals surface area contributed by atoms with Crippen molar-refractivity contribution >= 4 is 11.3 Å². The second-order valence-electron chi connectivity index (χ2n) is 5.68. The maximum Gasteiger partial charge on any atom is 0.0114 e. The van der Waals surface area contributed by atoms with Gasteiger partial charge in [-0.2, -0.15) is 0 Å². The molecule has 2 nitrogen and oxygen atoms in total. The molecule has 1 aromatic rings. The van der Waals surface area contributed by atoms with Crippen molar-refractivity contribution in [3.8, 4) is 0 Å². The van der Waals surface area contributed by atoms with Crippen LogP contribution >= 0.6 is 11.3 Å². The number of hydrogen-bond acceptors (Lipinski definition) is 3. The summed E-state index contributed by atoms with van der Waals surface area (Å²) in [5, 5.41) is 5.85. The molecule has 0 spiro atoms. The molecule has 2 atom stereocenters. The van der Waals surface area contributed by atoms with Crippen LogP contribution in [0.5, 0.6) is 0 Å². The molecule has 100 valence electrons. The molecule has 0 radical (unpaired) electrons. The maximum atomic E-state index is 3.65. The second kappa shape index (κ2) is 5.72. The van der Waals surface area contributed by atoms with Crippen LogP contribution in [0.2, 0.25) is 0 Å². The van der Waals surface area contributed by atoms with Gasteiger partial charge in [-0.25, -0.2) is 0 Å². The summed E-state index contributed by atoms with van der Waals surface area (Å²) in [6, 6.07) is 6.94. The van der Waals surface area contributed by atoms with Crippen LogP contribution < -0.4 is 5.32 Å². The Bertz CT molecular complexity index is 349. The van der Waals surface area contributed by atoms with Crippen LogP contribution in [0.15, 0.2) is 17.5 Å². The van der Waals surface area contributed by atoms with Gasteiger partial charge in [-0.1, -0.05) is 13.0 Å². The van der Waals surface area contributed by atoms with Gasteiger partial charge in [0, 0.05) is 29.5 Å². The van der Waals surface area contributed by atoms with Crippen LogP contribution in [0.4, 0.5) is 0 Å². The van der Waals surface area contributed by atoms with Crippen LogP contribution in [0, 0.1) is 0 Å². The molecule has 3 heterocycles. The molecule has 3 rings (SSSR count). The van der Waals surface area contributed by atoms with Gasteiger partial charge in [-0.15, -0.1) is 11.3 Å². The third kappa shape index (κ3) is 2.63. The quantitative estimate of drug-likeness (QED) is 0.880. The van der Waals surface area contributed by atoms with Gasteiger partial charge >= 0.3 is 0 Å².